The van der Waals surface area contributed by atoms with E-state index in [1.54, 1.807) is 30.3 Å². The molecule has 0 aromatic heterocycles. The van der Waals surface area contributed by atoms with E-state index in [-0.39, 0.29) is 5.78 Å². The topological polar surface area (TPSA) is 40.9 Å². The van der Waals surface area contributed by atoms with Crippen molar-refractivity contribution in [1.82, 2.24) is 0 Å². The highest BCUT2D eigenvalue weighted by atomic mass is 28.3. The SMILES string of the molecule is C[Si](C)(C)C#Cc1cccc(C(=O)c2ccc(C#N)cc2)c1. The van der Waals surface area contributed by atoms with E-state index >= 15 is 0 Å². The van der Waals surface area contributed by atoms with Gasteiger partial charge in [0.2, 0.25) is 0 Å². The standard InChI is InChI=1S/C19H17NOSi/c1-22(2,3)12-11-15-5-4-6-18(13-15)19(21)17-9-7-16(14-20)8-10-17/h4-10,13H,1-3H3. The van der Waals surface area contributed by atoms with Crippen LogP contribution in [0, 0.1) is 22.8 Å². The Balaban J connectivity index is 2.30. The Morgan fingerprint density at radius 1 is 0.955 bits per heavy atom. The van der Waals surface area contributed by atoms with Crippen LogP contribution in [0.4, 0.5) is 0 Å². The van der Waals surface area contributed by atoms with Crippen LogP contribution in [0.2, 0.25) is 19.6 Å². The predicted molar refractivity (Wildman–Crippen MR) is 91.3 cm³/mol. The molecule has 0 aliphatic heterocycles. The minimum Gasteiger partial charge on any atom is -0.289 e. The third-order valence-electron chi connectivity index (χ3n) is 2.98. The molecule has 0 fully saturated rings. The molecule has 0 atom stereocenters. The van der Waals surface area contributed by atoms with Crippen LogP contribution in [0.1, 0.15) is 27.0 Å². The third-order valence-corrected chi connectivity index (χ3v) is 3.86. The minimum absolute atomic E-state index is 0.0545. The summed E-state index contributed by atoms with van der Waals surface area (Å²) in [4.78, 5) is 12.5. The molecular weight excluding hydrogens is 286 g/mol. The number of nitrogens with zero attached hydrogens (tertiary/aromatic N) is 1. The second-order valence-electron chi connectivity index (χ2n) is 6.10. The Morgan fingerprint density at radius 3 is 2.23 bits per heavy atom. The van der Waals surface area contributed by atoms with Crippen LogP contribution in [0.5, 0.6) is 0 Å². The summed E-state index contributed by atoms with van der Waals surface area (Å²) in [7, 11) is -1.44. The Bertz CT molecular complexity index is 796. The minimum atomic E-state index is -1.44. The first-order chi connectivity index (χ1) is 10.4. The lowest BCUT2D eigenvalue weighted by Crippen LogP contribution is -2.16. The zero-order chi connectivity index (χ0) is 16.2. The Hall–Kier alpha value is -2.62. The molecule has 0 unspecified atom stereocenters. The van der Waals surface area contributed by atoms with Gasteiger partial charge in [-0.15, -0.1) is 5.54 Å². The van der Waals surface area contributed by atoms with Crippen LogP contribution in [-0.4, -0.2) is 13.9 Å². The molecule has 22 heavy (non-hydrogen) atoms. The molecule has 0 aliphatic rings. The highest BCUT2D eigenvalue weighted by molar-refractivity contribution is 6.83. The van der Waals surface area contributed by atoms with Gasteiger partial charge in [-0.25, -0.2) is 0 Å². The zero-order valence-corrected chi connectivity index (χ0v) is 14.0. The van der Waals surface area contributed by atoms with Crippen LogP contribution in [-0.2, 0) is 0 Å². The molecule has 0 aliphatic carbocycles. The summed E-state index contributed by atoms with van der Waals surface area (Å²) < 4.78 is 0. The maximum Gasteiger partial charge on any atom is 0.193 e. The van der Waals surface area contributed by atoms with E-state index in [1.807, 2.05) is 24.3 Å². The Labute approximate surface area is 132 Å². The lowest BCUT2D eigenvalue weighted by atomic mass is 10.0. The molecule has 0 saturated heterocycles. The van der Waals surface area contributed by atoms with Crippen LogP contribution in [0.15, 0.2) is 48.5 Å². The van der Waals surface area contributed by atoms with E-state index in [2.05, 4.69) is 31.1 Å². The van der Waals surface area contributed by atoms with Gasteiger partial charge >= 0.3 is 0 Å². The number of ketones is 1. The van der Waals surface area contributed by atoms with Crippen molar-refractivity contribution < 1.29 is 4.79 Å². The first-order valence-electron chi connectivity index (χ1n) is 7.07. The number of nitriles is 1. The largest absolute Gasteiger partial charge is 0.289 e. The fraction of sp³-hybridized carbons (Fsp3) is 0.158. The van der Waals surface area contributed by atoms with Gasteiger partial charge in [-0.05, 0) is 36.4 Å². The van der Waals surface area contributed by atoms with Crippen molar-refractivity contribution in [1.29, 1.82) is 5.26 Å². The van der Waals surface area contributed by atoms with Crippen LogP contribution >= 0.6 is 0 Å². The average Bonchev–Trinajstić information content (AvgIpc) is 2.52. The van der Waals surface area contributed by atoms with E-state index in [4.69, 9.17) is 5.26 Å². The summed E-state index contributed by atoms with van der Waals surface area (Å²) in [5.74, 6) is 3.11. The third kappa shape index (κ3) is 4.18. The molecule has 0 amide bonds. The van der Waals surface area contributed by atoms with Crippen molar-refractivity contribution in [2.24, 2.45) is 0 Å². The lowest BCUT2D eigenvalue weighted by Gasteiger charge is -2.04. The first-order valence-corrected chi connectivity index (χ1v) is 10.6. The summed E-state index contributed by atoms with van der Waals surface area (Å²) in [5.41, 5.74) is 5.91. The van der Waals surface area contributed by atoms with Crippen molar-refractivity contribution in [2.75, 3.05) is 0 Å². The summed E-state index contributed by atoms with van der Waals surface area (Å²) >= 11 is 0. The Morgan fingerprint density at radius 2 is 1.64 bits per heavy atom. The molecule has 0 heterocycles. The van der Waals surface area contributed by atoms with Crippen molar-refractivity contribution in [3.63, 3.8) is 0 Å². The maximum absolute atomic E-state index is 12.5. The van der Waals surface area contributed by atoms with Gasteiger partial charge in [0.05, 0.1) is 11.6 Å². The molecular formula is C19H17NOSi. The fourth-order valence-corrected chi connectivity index (χ4v) is 2.38. The summed E-state index contributed by atoms with van der Waals surface area (Å²) in [6.45, 7) is 6.56. The number of carbonyl (C=O) groups excluding carboxylic acids is 1. The highest BCUT2D eigenvalue weighted by Gasteiger charge is 2.10. The van der Waals surface area contributed by atoms with Crippen LogP contribution in [0.3, 0.4) is 0 Å². The summed E-state index contributed by atoms with van der Waals surface area (Å²) in [6, 6.07) is 16.1. The summed E-state index contributed by atoms with van der Waals surface area (Å²) in [6.07, 6.45) is 0. The van der Waals surface area contributed by atoms with Gasteiger partial charge in [0, 0.05) is 16.7 Å². The average molecular weight is 303 g/mol. The zero-order valence-electron chi connectivity index (χ0n) is 13.0. The number of rotatable bonds is 2. The normalized spacial score (nSPS) is 10.3. The van der Waals surface area contributed by atoms with Gasteiger partial charge in [-0.3, -0.25) is 4.79 Å². The number of hydrogen-bond acceptors (Lipinski definition) is 2. The smallest absolute Gasteiger partial charge is 0.193 e. The number of carbonyl (C=O) groups is 1. The molecule has 2 aromatic carbocycles. The second kappa shape index (κ2) is 6.43. The van der Waals surface area contributed by atoms with E-state index in [0.717, 1.165) is 5.56 Å². The van der Waals surface area contributed by atoms with E-state index in [1.165, 1.54) is 0 Å². The molecule has 0 bridgehead atoms. The van der Waals surface area contributed by atoms with Gasteiger partial charge in [-0.2, -0.15) is 5.26 Å². The molecule has 3 heteroatoms. The van der Waals surface area contributed by atoms with Crippen molar-refractivity contribution >= 4 is 13.9 Å². The van der Waals surface area contributed by atoms with Crippen molar-refractivity contribution in [3.8, 4) is 17.5 Å². The monoisotopic (exact) mass is 303 g/mol. The fourth-order valence-electron chi connectivity index (χ4n) is 1.86. The van der Waals surface area contributed by atoms with Crippen molar-refractivity contribution in [3.05, 3.63) is 70.8 Å². The second-order valence-corrected chi connectivity index (χ2v) is 10.8. The summed E-state index contributed by atoms with van der Waals surface area (Å²) in [5, 5.41) is 8.80. The van der Waals surface area contributed by atoms with Gasteiger partial charge in [0.15, 0.2) is 5.78 Å². The molecule has 0 saturated carbocycles. The predicted octanol–water partition coefficient (Wildman–Crippen LogP) is 4.02. The van der Waals surface area contributed by atoms with Crippen molar-refractivity contribution in [2.45, 2.75) is 19.6 Å². The van der Waals surface area contributed by atoms with Gasteiger partial charge in [-0.1, -0.05) is 37.7 Å². The van der Waals surface area contributed by atoms with Crippen LogP contribution < -0.4 is 0 Å². The molecule has 2 nitrogen and oxygen atoms in total. The first kappa shape index (κ1) is 15.8. The number of hydrogen-bond donors (Lipinski definition) is 0. The van der Waals surface area contributed by atoms with Gasteiger partial charge < -0.3 is 0 Å². The number of benzene rings is 2. The highest BCUT2D eigenvalue weighted by Crippen LogP contribution is 2.13. The molecule has 108 valence electrons. The Kier molecular flexibility index (Phi) is 4.61. The molecule has 0 radical (unpaired) electrons. The van der Waals surface area contributed by atoms with E-state index < -0.39 is 8.07 Å². The quantitative estimate of drug-likeness (QED) is 0.477. The molecule has 2 aromatic rings. The van der Waals surface area contributed by atoms with Gasteiger partial charge in [0.25, 0.3) is 0 Å². The van der Waals surface area contributed by atoms with E-state index in [9.17, 15) is 4.79 Å². The van der Waals surface area contributed by atoms with Gasteiger partial charge in [0.1, 0.15) is 8.07 Å². The molecule has 2 rings (SSSR count). The van der Waals surface area contributed by atoms with E-state index in [0.29, 0.717) is 16.7 Å². The lowest BCUT2D eigenvalue weighted by molar-refractivity contribution is 0.103. The molecule has 0 spiro atoms. The van der Waals surface area contributed by atoms with Crippen LogP contribution in [0.25, 0.3) is 0 Å². The maximum atomic E-state index is 12.5. The molecule has 0 N–H and O–H groups in total.